The van der Waals surface area contributed by atoms with Gasteiger partial charge in [0.05, 0.1) is 39.6 Å². The first kappa shape index (κ1) is 34.9. The fraction of sp³-hybridized carbons (Fsp3) is 0.250. The Morgan fingerprint density at radius 1 is 0.469 bits per heavy atom. The molecule has 4 atom stereocenters. The number of benzene rings is 5. The van der Waals surface area contributed by atoms with Crippen LogP contribution in [-0.2, 0) is 70.1 Å². The third-order valence-electron chi connectivity index (χ3n) is 7.96. The summed E-state index contributed by atoms with van der Waals surface area (Å²) >= 11 is 0. The summed E-state index contributed by atoms with van der Waals surface area (Å²) in [5.41, 5.74) is 4.57. The molecule has 9 heteroatoms. The number of ether oxygens (including phenoxy) is 4. The number of rotatable bonds is 17. The minimum atomic E-state index is -4.24. The lowest BCUT2D eigenvalue weighted by Gasteiger charge is -2.42. The molecule has 0 amide bonds. The van der Waals surface area contributed by atoms with Crippen LogP contribution in [0.1, 0.15) is 27.8 Å². The topological polar surface area (TPSA) is 81.7 Å². The molecule has 0 aromatic heterocycles. The first-order chi connectivity index (χ1) is 24.1. The van der Waals surface area contributed by atoms with Crippen LogP contribution < -0.4 is 0 Å². The van der Waals surface area contributed by atoms with Gasteiger partial charge in [0.15, 0.2) is 6.29 Å². The molecule has 49 heavy (non-hydrogen) atoms. The Labute approximate surface area is 288 Å². The van der Waals surface area contributed by atoms with Crippen molar-refractivity contribution in [1.82, 2.24) is 0 Å². The standard InChI is InChI=1S/C40H41O8P/c41-49(46-29-35-22-12-4-13-23-35,47-30-36-24-14-5-15-25-36)48-40-39(44-28-34-20-10-3-11-21-34)38(43-27-33-18-8-2-9-19-33)37(31-45-40)42-26-32-16-6-1-7-17-32/h1-25,37-40H,26-31H2/t37-,38+,39-,40?/m1/s1. The van der Waals surface area contributed by atoms with Crippen LogP contribution >= 0.6 is 7.82 Å². The van der Waals surface area contributed by atoms with Crippen LogP contribution in [0.4, 0.5) is 0 Å². The maximum atomic E-state index is 14.5. The van der Waals surface area contributed by atoms with Gasteiger partial charge in [0.2, 0.25) is 0 Å². The molecule has 0 spiro atoms. The molecule has 1 fully saturated rings. The van der Waals surface area contributed by atoms with Crippen molar-refractivity contribution in [2.45, 2.75) is 57.6 Å². The average molecular weight is 681 g/mol. The molecule has 0 saturated carbocycles. The fourth-order valence-corrected chi connectivity index (χ4v) is 6.59. The predicted octanol–water partition coefficient (Wildman–Crippen LogP) is 8.66. The monoisotopic (exact) mass is 680 g/mol. The SMILES string of the molecule is O=P(OCc1ccccc1)(OCc1ccccc1)OC1OC[C@@H](OCc2ccccc2)[C@H](OCc2ccccc2)[C@H]1OCc1ccccc1. The van der Waals surface area contributed by atoms with Gasteiger partial charge >= 0.3 is 7.82 Å². The highest BCUT2D eigenvalue weighted by atomic mass is 31.2. The van der Waals surface area contributed by atoms with Crippen LogP contribution in [0.25, 0.3) is 0 Å². The molecule has 1 unspecified atom stereocenters. The van der Waals surface area contributed by atoms with Crippen molar-refractivity contribution in [1.29, 1.82) is 0 Å². The lowest BCUT2D eigenvalue weighted by Crippen LogP contribution is -2.56. The molecule has 0 aliphatic carbocycles. The Morgan fingerprint density at radius 2 is 0.816 bits per heavy atom. The molecule has 5 aromatic carbocycles. The van der Waals surface area contributed by atoms with Gasteiger partial charge < -0.3 is 18.9 Å². The van der Waals surface area contributed by atoms with Gasteiger partial charge in [-0.05, 0) is 27.8 Å². The molecule has 0 bridgehead atoms. The number of phosphoric acid groups is 1. The highest BCUT2D eigenvalue weighted by molar-refractivity contribution is 7.48. The molecule has 1 aliphatic rings. The van der Waals surface area contributed by atoms with Crippen LogP contribution in [0, 0.1) is 0 Å². The molecular formula is C40H41O8P. The van der Waals surface area contributed by atoms with Crippen molar-refractivity contribution in [3.63, 3.8) is 0 Å². The maximum Gasteiger partial charge on any atom is 0.477 e. The van der Waals surface area contributed by atoms with E-state index < -0.39 is 32.4 Å². The lowest BCUT2D eigenvalue weighted by atomic mass is 10.0. The Hall–Kier alpha value is -3.95. The van der Waals surface area contributed by atoms with E-state index in [4.69, 9.17) is 32.5 Å². The zero-order valence-corrected chi connectivity index (χ0v) is 28.1. The zero-order valence-electron chi connectivity index (χ0n) is 27.2. The number of hydrogen-bond donors (Lipinski definition) is 0. The summed E-state index contributed by atoms with van der Waals surface area (Å²) in [6.45, 7) is 0.972. The minimum Gasteiger partial charge on any atom is -0.368 e. The predicted molar refractivity (Wildman–Crippen MR) is 186 cm³/mol. The van der Waals surface area contributed by atoms with Crippen LogP contribution in [0.2, 0.25) is 0 Å². The van der Waals surface area contributed by atoms with E-state index in [1.807, 2.05) is 152 Å². The van der Waals surface area contributed by atoms with Crippen molar-refractivity contribution in [2.75, 3.05) is 6.61 Å². The summed E-state index contributed by atoms with van der Waals surface area (Å²) in [4.78, 5) is 0. The van der Waals surface area contributed by atoms with E-state index in [1.165, 1.54) is 0 Å². The number of hydrogen-bond acceptors (Lipinski definition) is 8. The molecule has 1 aliphatic heterocycles. The highest BCUT2D eigenvalue weighted by Gasteiger charge is 2.47. The average Bonchev–Trinajstić information content (AvgIpc) is 3.16. The van der Waals surface area contributed by atoms with E-state index in [-0.39, 0.29) is 26.4 Å². The van der Waals surface area contributed by atoms with Crippen molar-refractivity contribution >= 4 is 7.82 Å². The normalized spacial score (nSPS) is 19.4. The van der Waals surface area contributed by atoms with Gasteiger partial charge in [-0.2, -0.15) is 0 Å². The summed E-state index contributed by atoms with van der Waals surface area (Å²) in [5, 5.41) is 0. The van der Waals surface area contributed by atoms with Gasteiger partial charge in [0.1, 0.15) is 18.3 Å². The Bertz CT molecular complexity index is 1650. The second kappa shape index (κ2) is 18.2. The van der Waals surface area contributed by atoms with Gasteiger partial charge in [0.25, 0.3) is 0 Å². The van der Waals surface area contributed by atoms with E-state index in [0.717, 1.165) is 27.8 Å². The molecule has 5 aromatic rings. The smallest absolute Gasteiger partial charge is 0.368 e. The van der Waals surface area contributed by atoms with Crippen LogP contribution in [0.3, 0.4) is 0 Å². The first-order valence-corrected chi connectivity index (χ1v) is 17.8. The lowest BCUT2D eigenvalue weighted by molar-refractivity contribution is -0.282. The van der Waals surface area contributed by atoms with Crippen molar-refractivity contribution in [3.8, 4) is 0 Å². The molecule has 8 nitrogen and oxygen atoms in total. The summed E-state index contributed by atoms with van der Waals surface area (Å²) in [6.07, 6.45) is -3.23. The Balaban J connectivity index is 1.27. The van der Waals surface area contributed by atoms with E-state index in [2.05, 4.69) is 0 Å². The van der Waals surface area contributed by atoms with E-state index in [0.29, 0.717) is 13.2 Å². The highest BCUT2D eigenvalue weighted by Crippen LogP contribution is 2.53. The quantitative estimate of drug-likeness (QED) is 0.0903. The molecular weight excluding hydrogens is 639 g/mol. The molecule has 1 heterocycles. The van der Waals surface area contributed by atoms with Gasteiger partial charge in [0, 0.05) is 0 Å². The number of phosphoric ester groups is 1. The Morgan fingerprint density at radius 3 is 1.22 bits per heavy atom. The molecule has 1 saturated heterocycles. The van der Waals surface area contributed by atoms with Gasteiger partial charge in [-0.1, -0.05) is 152 Å². The van der Waals surface area contributed by atoms with Crippen LogP contribution in [-0.4, -0.2) is 31.2 Å². The van der Waals surface area contributed by atoms with Crippen LogP contribution in [0.5, 0.6) is 0 Å². The zero-order chi connectivity index (χ0) is 33.6. The largest absolute Gasteiger partial charge is 0.477 e. The van der Waals surface area contributed by atoms with Crippen LogP contribution in [0.15, 0.2) is 152 Å². The van der Waals surface area contributed by atoms with Gasteiger partial charge in [-0.15, -0.1) is 0 Å². The minimum absolute atomic E-state index is 0.00587. The van der Waals surface area contributed by atoms with E-state index in [9.17, 15) is 4.57 Å². The van der Waals surface area contributed by atoms with E-state index >= 15 is 0 Å². The van der Waals surface area contributed by atoms with Gasteiger partial charge in [-0.25, -0.2) is 4.57 Å². The molecule has 0 radical (unpaired) electrons. The van der Waals surface area contributed by atoms with Crippen molar-refractivity contribution in [3.05, 3.63) is 179 Å². The fourth-order valence-electron chi connectivity index (χ4n) is 5.35. The van der Waals surface area contributed by atoms with Gasteiger partial charge in [-0.3, -0.25) is 13.6 Å². The molecule has 254 valence electrons. The van der Waals surface area contributed by atoms with Crippen molar-refractivity contribution < 1.29 is 37.1 Å². The Kier molecular flexibility index (Phi) is 12.9. The second-order valence-corrected chi connectivity index (χ2v) is 13.3. The third-order valence-corrected chi connectivity index (χ3v) is 9.31. The molecule has 0 N–H and O–H groups in total. The second-order valence-electron chi connectivity index (χ2n) is 11.6. The maximum absolute atomic E-state index is 14.5. The molecule has 6 rings (SSSR count). The summed E-state index contributed by atoms with van der Waals surface area (Å²) in [7, 11) is -4.24. The summed E-state index contributed by atoms with van der Waals surface area (Å²) in [5.74, 6) is 0. The first-order valence-electron chi connectivity index (χ1n) is 16.4. The summed E-state index contributed by atoms with van der Waals surface area (Å²) < 4.78 is 58.4. The summed E-state index contributed by atoms with van der Waals surface area (Å²) in [6, 6.07) is 48.5. The third kappa shape index (κ3) is 10.8. The van der Waals surface area contributed by atoms with Crippen molar-refractivity contribution in [2.24, 2.45) is 0 Å². The van der Waals surface area contributed by atoms with E-state index in [1.54, 1.807) is 0 Å².